The van der Waals surface area contributed by atoms with Crippen molar-refractivity contribution in [3.8, 4) is 0 Å². The molecular formula is C14H20ClNO3. The third kappa shape index (κ3) is 6.57. The Hall–Kier alpha value is -1.10. The number of nitrogens with one attached hydrogen (secondary N) is 1. The third-order valence-corrected chi connectivity index (χ3v) is 3.03. The van der Waals surface area contributed by atoms with Crippen LogP contribution in [0.3, 0.4) is 0 Å². The molecule has 0 saturated carbocycles. The molecule has 0 saturated heterocycles. The predicted molar refractivity (Wildman–Crippen MR) is 75.5 cm³/mol. The summed E-state index contributed by atoms with van der Waals surface area (Å²) >= 11 is 5.85. The lowest BCUT2D eigenvalue weighted by atomic mass is 10.0. The van der Waals surface area contributed by atoms with Gasteiger partial charge >= 0.3 is 5.97 Å². The predicted octanol–water partition coefficient (Wildman–Crippen LogP) is 2.05. The summed E-state index contributed by atoms with van der Waals surface area (Å²) in [7, 11) is 3.05. The van der Waals surface area contributed by atoms with Gasteiger partial charge in [0.25, 0.3) is 0 Å². The molecule has 0 heterocycles. The second-order valence-corrected chi connectivity index (χ2v) is 4.69. The molecule has 0 radical (unpaired) electrons. The molecule has 4 nitrogen and oxygen atoms in total. The molecule has 1 rings (SSSR count). The Kier molecular flexibility index (Phi) is 7.48. The minimum absolute atomic E-state index is 0.0313. The van der Waals surface area contributed by atoms with Gasteiger partial charge in [-0.3, -0.25) is 4.79 Å². The highest BCUT2D eigenvalue weighted by molar-refractivity contribution is 6.30. The van der Waals surface area contributed by atoms with Gasteiger partial charge in [0.1, 0.15) is 0 Å². The second kappa shape index (κ2) is 8.91. The maximum Gasteiger partial charge on any atom is 0.307 e. The van der Waals surface area contributed by atoms with E-state index in [1.165, 1.54) is 7.11 Å². The molecule has 1 aromatic rings. The molecular weight excluding hydrogens is 266 g/mol. The first-order valence-corrected chi connectivity index (χ1v) is 6.57. The van der Waals surface area contributed by atoms with Gasteiger partial charge in [-0.1, -0.05) is 23.7 Å². The largest absolute Gasteiger partial charge is 0.469 e. The fourth-order valence-corrected chi connectivity index (χ4v) is 1.90. The Labute approximate surface area is 119 Å². The van der Waals surface area contributed by atoms with Crippen molar-refractivity contribution < 1.29 is 14.3 Å². The van der Waals surface area contributed by atoms with Crippen LogP contribution in [0.1, 0.15) is 12.0 Å². The fraction of sp³-hybridized carbons (Fsp3) is 0.500. The molecule has 0 aliphatic heterocycles. The number of esters is 1. The molecule has 5 heteroatoms. The van der Waals surface area contributed by atoms with Gasteiger partial charge in [-0.15, -0.1) is 0 Å². The van der Waals surface area contributed by atoms with Gasteiger partial charge in [0.05, 0.1) is 20.1 Å². The summed E-state index contributed by atoms with van der Waals surface area (Å²) < 4.78 is 9.71. The van der Waals surface area contributed by atoms with E-state index in [1.54, 1.807) is 7.11 Å². The molecule has 0 aliphatic rings. The Morgan fingerprint density at radius 2 is 2.00 bits per heavy atom. The molecule has 1 aromatic carbocycles. The number of ether oxygens (including phenoxy) is 2. The van der Waals surface area contributed by atoms with E-state index in [0.717, 1.165) is 12.0 Å². The van der Waals surface area contributed by atoms with Gasteiger partial charge in [0.15, 0.2) is 0 Å². The quantitative estimate of drug-likeness (QED) is 0.587. The number of carbonyl (C=O) groups excluding carboxylic acids is 1. The topological polar surface area (TPSA) is 47.6 Å². The average molecular weight is 286 g/mol. The van der Waals surface area contributed by atoms with Crippen molar-refractivity contribution in [1.29, 1.82) is 0 Å². The first kappa shape index (κ1) is 16.0. The van der Waals surface area contributed by atoms with Crippen LogP contribution in [0.15, 0.2) is 24.3 Å². The lowest BCUT2D eigenvalue weighted by Crippen LogP contribution is -2.35. The number of rotatable bonds is 8. The van der Waals surface area contributed by atoms with Crippen LogP contribution in [0.4, 0.5) is 0 Å². The zero-order valence-electron chi connectivity index (χ0n) is 11.3. The summed E-state index contributed by atoms with van der Waals surface area (Å²) in [4.78, 5) is 11.4. The first-order valence-electron chi connectivity index (χ1n) is 6.19. The Bertz CT molecular complexity index is 381. The highest BCUT2D eigenvalue weighted by Crippen LogP contribution is 2.12. The maximum atomic E-state index is 11.4. The molecule has 0 bridgehead atoms. The van der Waals surface area contributed by atoms with Gasteiger partial charge < -0.3 is 14.8 Å². The van der Waals surface area contributed by atoms with Gasteiger partial charge in [-0.2, -0.15) is 0 Å². The average Bonchev–Trinajstić information content (AvgIpc) is 2.41. The maximum absolute atomic E-state index is 11.4. The van der Waals surface area contributed by atoms with Crippen LogP contribution < -0.4 is 5.32 Å². The summed E-state index contributed by atoms with van der Waals surface area (Å²) in [5.41, 5.74) is 1.13. The Balaban J connectivity index is 2.56. The van der Waals surface area contributed by atoms with E-state index >= 15 is 0 Å². The van der Waals surface area contributed by atoms with Crippen LogP contribution in [0.2, 0.25) is 5.02 Å². The summed E-state index contributed by atoms with van der Waals surface area (Å²) in [5.74, 6) is -0.219. The molecule has 0 aromatic heterocycles. The van der Waals surface area contributed by atoms with E-state index in [1.807, 2.05) is 24.3 Å². The van der Waals surface area contributed by atoms with Gasteiger partial charge in [0, 0.05) is 24.7 Å². The van der Waals surface area contributed by atoms with Gasteiger partial charge in [-0.05, 0) is 24.1 Å². The van der Waals surface area contributed by atoms with Crippen molar-refractivity contribution in [1.82, 2.24) is 5.32 Å². The highest BCUT2D eigenvalue weighted by atomic mass is 35.5. The van der Waals surface area contributed by atoms with Crippen LogP contribution in [-0.4, -0.2) is 39.4 Å². The van der Waals surface area contributed by atoms with E-state index < -0.39 is 0 Å². The van der Waals surface area contributed by atoms with Crippen molar-refractivity contribution in [2.45, 2.75) is 18.9 Å². The van der Waals surface area contributed by atoms with Gasteiger partial charge in [0.2, 0.25) is 0 Å². The molecule has 0 fully saturated rings. The Morgan fingerprint density at radius 1 is 1.32 bits per heavy atom. The lowest BCUT2D eigenvalue weighted by Gasteiger charge is -2.17. The second-order valence-electron chi connectivity index (χ2n) is 4.25. The normalized spacial score (nSPS) is 12.2. The summed E-state index contributed by atoms with van der Waals surface area (Å²) in [6.45, 7) is 1.31. The molecule has 1 unspecified atom stereocenters. The van der Waals surface area contributed by atoms with Crippen LogP contribution in [-0.2, 0) is 20.7 Å². The highest BCUT2D eigenvalue weighted by Gasteiger charge is 2.14. The van der Waals surface area contributed by atoms with E-state index in [-0.39, 0.29) is 12.0 Å². The number of methoxy groups -OCH3 is 2. The van der Waals surface area contributed by atoms with Crippen LogP contribution in [0.5, 0.6) is 0 Å². The number of benzene rings is 1. The minimum atomic E-state index is -0.219. The summed E-state index contributed by atoms with van der Waals surface area (Å²) in [5, 5.41) is 4.00. The Morgan fingerprint density at radius 3 is 2.58 bits per heavy atom. The number of carbonyl (C=O) groups is 1. The van der Waals surface area contributed by atoms with Crippen LogP contribution in [0.25, 0.3) is 0 Å². The van der Waals surface area contributed by atoms with Crippen molar-refractivity contribution in [3.63, 3.8) is 0 Å². The van der Waals surface area contributed by atoms with Crippen molar-refractivity contribution in [2.75, 3.05) is 27.4 Å². The smallest absolute Gasteiger partial charge is 0.307 e. The van der Waals surface area contributed by atoms with E-state index in [4.69, 9.17) is 21.1 Å². The number of hydrogen-bond donors (Lipinski definition) is 1. The summed E-state index contributed by atoms with van der Waals surface area (Å²) in [6, 6.07) is 7.65. The number of hydrogen-bond acceptors (Lipinski definition) is 4. The third-order valence-electron chi connectivity index (χ3n) is 2.78. The fourth-order valence-electron chi connectivity index (χ4n) is 1.77. The first-order chi connectivity index (χ1) is 9.15. The zero-order chi connectivity index (χ0) is 14.1. The SMILES string of the molecule is COCCNC(CC(=O)OC)Cc1ccc(Cl)cc1. The minimum Gasteiger partial charge on any atom is -0.469 e. The van der Waals surface area contributed by atoms with Crippen molar-refractivity contribution >= 4 is 17.6 Å². The zero-order valence-corrected chi connectivity index (χ0v) is 12.1. The molecule has 0 aliphatic carbocycles. The monoisotopic (exact) mass is 285 g/mol. The molecule has 1 atom stereocenters. The lowest BCUT2D eigenvalue weighted by molar-refractivity contribution is -0.141. The van der Waals surface area contributed by atoms with Crippen molar-refractivity contribution in [2.24, 2.45) is 0 Å². The van der Waals surface area contributed by atoms with Gasteiger partial charge in [-0.25, -0.2) is 0 Å². The van der Waals surface area contributed by atoms with E-state index in [2.05, 4.69) is 5.32 Å². The number of halogens is 1. The molecule has 19 heavy (non-hydrogen) atoms. The van der Waals surface area contributed by atoms with Crippen molar-refractivity contribution in [3.05, 3.63) is 34.9 Å². The van der Waals surface area contributed by atoms with E-state index in [0.29, 0.717) is 24.6 Å². The van der Waals surface area contributed by atoms with Crippen LogP contribution in [0, 0.1) is 0 Å². The summed E-state index contributed by atoms with van der Waals surface area (Å²) in [6.07, 6.45) is 1.08. The molecule has 0 amide bonds. The van der Waals surface area contributed by atoms with E-state index in [9.17, 15) is 4.79 Å². The molecule has 1 N–H and O–H groups in total. The van der Waals surface area contributed by atoms with Crippen LogP contribution >= 0.6 is 11.6 Å². The molecule has 106 valence electrons. The standard InChI is InChI=1S/C14H20ClNO3/c1-18-8-7-16-13(10-14(17)19-2)9-11-3-5-12(15)6-4-11/h3-6,13,16H,7-10H2,1-2H3. The molecule has 0 spiro atoms.